The third-order valence-corrected chi connectivity index (χ3v) is 5.74. The van der Waals surface area contributed by atoms with Crippen molar-refractivity contribution in [2.75, 3.05) is 11.1 Å². The summed E-state index contributed by atoms with van der Waals surface area (Å²) in [6.07, 6.45) is 3.64. The maximum absolute atomic E-state index is 12.4. The number of hydrogen-bond acceptors (Lipinski definition) is 5. The number of aryl methyl sites for hydroxylation is 2. The lowest BCUT2D eigenvalue weighted by Crippen LogP contribution is -2.15. The summed E-state index contributed by atoms with van der Waals surface area (Å²) in [7, 11) is 0. The van der Waals surface area contributed by atoms with Crippen molar-refractivity contribution in [3.05, 3.63) is 88.1 Å². The van der Waals surface area contributed by atoms with Crippen LogP contribution in [0.15, 0.2) is 59.6 Å². The number of carbonyl (C=O) groups is 2. The Balaban J connectivity index is 1.89. The third-order valence-electron chi connectivity index (χ3n) is 4.76. The highest BCUT2D eigenvalue weighted by Crippen LogP contribution is 2.29. The molecule has 160 valence electrons. The fourth-order valence-corrected chi connectivity index (χ4v) is 4.08. The summed E-state index contributed by atoms with van der Waals surface area (Å²) in [5.74, 6) is -0.261. The first-order chi connectivity index (χ1) is 15.4. The molecule has 6 heteroatoms. The summed E-state index contributed by atoms with van der Waals surface area (Å²) < 4.78 is 0. The van der Waals surface area contributed by atoms with Crippen LogP contribution in [0.25, 0.3) is 12.2 Å². The van der Waals surface area contributed by atoms with Gasteiger partial charge in [-0.2, -0.15) is 5.26 Å². The van der Waals surface area contributed by atoms with E-state index in [2.05, 4.69) is 16.4 Å². The maximum atomic E-state index is 12.4. The number of amides is 1. The Morgan fingerprint density at radius 2 is 1.75 bits per heavy atom. The van der Waals surface area contributed by atoms with Gasteiger partial charge in [0.1, 0.15) is 11.1 Å². The number of hydrogen-bond donors (Lipinski definition) is 1. The largest absolute Gasteiger partial charge is 0.325 e. The van der Waals surface area contributed by atoms with Crippen molar-refractivity contribution >= 4 is 41.3 Å². The van der Waals surface area contributed by atoms with E-state index in [1.807, 2.05) is 67.6 Å². The number of pyridine rings is 1. The fourth-order valence-electron chi connectivity index (χ4n) is 3.23. The van der Waals surface area contributed by atoms with Crippen LogP contribution in [-0.2, 0) is 4.79 Å². The van der Waals surface area contributed by atoms with Gasteiger partial charge in [-0.15, -0.1) is 0 Å². The molecular weight excluding hydrogens is 418 g/mol. The molecule has 5 nitrogen and oxygen atoms in total. The lowest BCUT2D eigenvalue weighted by Gasteiger charge is -2.13. The SMILES string of the molecule is CC(=O)c1c(C)nc(SCC(=O)Nc2ccc(C)cc2)c(C#N)c1C=Cc1ccccc1. The highest BCUT2D eigenvalue weighted by atomic mass is 32.2. The monoisotopic (exact) mass is 441 g/mol. The molecular formula is C26H23N3O2S. The first kappa shape index (κ1) is 23.0. The van der Waals surface area contributed by atoms with E-state index in [0.717, 1.165) is 11.1 Å². The molecule has 1 aromatic heterocycles. The number of Topliss-reactive ketones (excluding diaryl/α,β-unsaturated/α-hetero) is 1. The first-order valence-corrected chi connectivity index (χ1v) is 11.1. The van der Waals surface area contributed by atoms with Crippen LogP contribution in [0.3, 0.4) is 0 Å². The Kier molecular flexibility index (Phi) is 7.58. The summed E-state index contributed by atoms with van der Waals surface area (Å²) in [6, 6.07) is 19.4. The second kappa shape index (κ2) is 10.6. The van der Waals surface area contributed by atoms with Gasteiger partial charge in [0.05, 0.1) is 17.0 Å². The highest BCUT2D eigenvalue weighted by Gasteiger charge is 2.20. The Morgan fingerprint density at radius 1 is 1.06 bits per heavy atom. The molecule has 0 saturated heterocycles. The molecule has 0 spiro atoms. The van der Waals surface area contributed by atoms with Crippen LogP contribution in [0.5, 0.6) is 0 Å². The minimum Gasteiger partial charge on any atom is -0.325 e. The minimum atomic E-state index is -0.195. The van der Waals surface area contributed by atoms with Gasteiger partial charge in [0.2, 0.25) is 5.91 Å². The van der Waals surface area contributed by atoms with E-state index in [-0.39, 0.29) is 17.4 Å². The molecule has 1 N–H and O–H groups in total. The van der Waals surface area contributed by atoms with E-state index in [0.29, 0.717) is 33.1 Å². The molecule has 0 aliphatic carbocycles. The lowest BCUT2D eigenvalue weighted by atomic mass is 9.98. The molecule has 1 heterocycles. The van der Waals surface area contributed by atoms with Crippen molar-refractivity contribution < 1.29 is 9.59 Å². The Hall–Kier alpha value is -3.69. The maximum Gasteiger partial charge on any atom is 0.234 e. The van der Waals surface area contributed by atoms with Crippen molar-refractivity contribution in [2.45, 2.75) is 25.8 Å². The van der Waals surface area contributed by atoms with Gasteiger partial charge in [0, 0.05) is 16.8 Å². The molecule has 0 unspecified atom stereocenters. The molecule has 1 amide bonds. The second-order valence-electron chi connectivity index (χ2n) is 7.28. The topological polar surface area (TPSA) is 82.8 Å². The molecule has 0 aliphatic heterocycles. The Labute approximate surface area is 192 Å². The van der Waals surface area contributed by atoms with Crippen molar-refractivity contribution in [1.29, 1.82) is 5.26 Å². The van der Waals surface area contributed by atoms with Crippen LogP contribution >= 0.6 is 11.8 Å². The van der Waals surface area contributed by atoms with Crippen LogP contribution in [0.4, 0.5) is 5.69 Å². The molecule has 0 atom stereocenters. The number of aromatic nitrogens is 1. The zero-order valence-corrected chi connectivity index (χ0v) is 19.0. The van der Waals surface area contributed by atoms with Crippen molar-refractivity contribution in [3.63, 3.8) is 0 Å². The number of benzene rings is 2. The summed E-state index contributed by atoms with van der Waals surface area (Å²) in [6.45, 7) is 5.19. The number of nitrogens with one attached hydrogen (secondary N) is 1. The van der Waals surface area contributed by atoms with Crippen LogP contribution in [0, 0.1) is 25.2 Å². The minimum absolute atomic E-state index is 0.0935. The van der Waals surface area contributed by atoms with Crippen LogP contribution in [0.2, 0.25) is 0 Å². The van der Waals surface area contributed by atoms with E-state index in [9.17, 15) is 14.9 Å². The Bertz CT molecular complexity index is 1210. The first-order valence-electron chi connectivity index (χ1n) is 10.1. The molecule has 0 fully saturated rings. The molecule has 32 heavy (non-hydrogen) atoms. The number of ketones is 1. The molecule has 0 bridgehead atoms. The van der Waals surface area contributed by atoms with E-state index < -0.39 is 0 Å². The molecule has 2 aromatic carbocycles. The summed E-state index contributed by atoms with van der Waals surface area (Å²) in [4.78, 5) is 29.2. The van der Waals surface area contributed by atoms with Crippen LogP contribution < -0.4 is 5.32 Å². The molecule has 3 rings (SSSR count). The van der Waals surface area contributed by atoms with Crippen molar-refractivity contribution in [2.24, 2.45) is 0 Å². The van der Waals surface area contributed by atoms with Gasteiger partial charge in [0.25, 0.3) is 0 Å². The third kappa shape index (κ3) is 5.71. The van der Waals surface area contributed by atoms with E-state index in [4.69, 9.17) is 0 Å². The quantitative estimate of drug-likeness (QED) is 0.377. The average molecular weight is 442 g/mol. The second-order valence-corrected chi connectivity index (χ2v) is 8.24. The number of nitriles is 1. The zero-order chi connectivity index (χ0) is 23.1. The van der Waals surface area contributed by atoms with E-state index in [1.54, 1.807) is 13.0 Å². The number of nitrogens with zero attached hydrogens (tertiary/aromatic N) is 2. The lowest BCUT2D eigenvalue weighted by molar-refractivity contribution is -0.113. The number of thioether (sulfide) groups is 1. The average Bonchev–Trinajstić information content (AvgIpc) is 2.78. The number of rotatable bonds is 7. The van der Waals surface area contributed by atoms with Gasteiger partial charge in [-0.1, -0.05) is 71.9 Å². The highest BCUT2D eigenvalue weighted by molar-refractivity contribution is 8.00. The fraction of sp³-hybridized carbons (Fsp3) is 0.154. The molecule has 0 aliphatic rings. The van der Waals surface area contributed by atoms with Gasteiger partial charge >= 0.3 is 0 Å². The van der Waals surface area contributed by atoms with Gasteiger partial charge in [-0.25, -0.2) is 4.98 Å². The van der Waals surface area contributed by atoms with Gasteiger partial charge in [-0.05, 0) is 38.5 Å². The predicted molar refractivity (Wildman–Crippen MR) is 130 cm³/mol. The normalized spacial score (nSPS) is 10.7. The smallest absolute Gasteiger partial charge is 0.234 e. The number of carbonyl (C=O) groups excluding carboxylic acids is 2. The van der Waals surface area contributed by atoms with Gasteiger partial charge < -0.3 is 5.32 Å². The van der Waals surface area contributed by atoms with Gasteiger partial charge in [0.15, 0.2) is 5.78 Å². The predicted octanol–water partition coefficient (Wildman–Crippen LogP) is 5.67. The summed E-state index contributed by atoms with van der Waals surface area (Å²) in [5.41, 5.74) is 4.54. The Morgan fingerprint density at radius 3 is 2.38 bits per heavy atom. The van der Waals surface area contributed by atoms with Crippen molar-refractivity contribution in [3.8, 4) is 6.07 Å². The standard InChI is InChI=1S/C26H23N3O2S/c1-17-9-12-21(13-10-17)29-24(31)16-32-26-23(15-27)22(25(19(3)30)18(2)28-26)14-11-20-7-5-4-6-8-20/h4-14H,16H2,1-3H3,(H,29,31). The molecule has 0 saturated carbocycles. The van der Waals surface area contributed by atoms with Crippen molar-refractivity contribution in [1.82, 2.24) is 4.98 Å². The molecule has 0 radical (unpaired) electrons. The summed E-state index contributed by atoms with van der Waals surface area (Å²) >= 11 is 1.18. The van der Waals surface area contributed by atoms with Crippen LogP contribution in [-0.4, -0.2) is 22.4 Å². The van der Waals surface area contributed by atoms with E-state index >= 15 is 0 Å². The number of anilines is 1. The van der Waals surface area contributed by atoms with Crippen LogP contribution in [0.1, 0.15) is 45.2 Å². The van der Waals surface area contributed by atoms with Gasteiger partial charge in [-0.3, -0.25) is 9.59 Å². The zero-order valence-electron chi connectivity index (χ0n) is 18.2. The van der Waals surface area contributed by atoms with E-state index in [1.165, 1.54) is 18.7 Å². The molecule has 3 aromatic rings. The summed E-state index contributed by atoms with van der Waals surface area (Å²) in [5, 5.41) is 13.1.